The van der Waals surface area contributed by atoms with Gasteiger partial charge in [-0.3, -0.25) is 4.79 Å². The van der Waals surface area contributed by atoms with Crippen molar-refractivity contribution < 1.29 is 9.53 Å². The van der Waals surface area contributed by atoms with Crippen molar-refractivity contribution >= 4 is 5.91 Å². The average Bonchev–Trinajstić information content (AvgIpc) is 2.57. The van der Waals surface area contributed by atoms with Crippen LogP contribution in [-0.2, 0) is 11.4 Å². The second-order valence-electron chi connectivity index (χ2n) is 5.47. The maximum absolute atomic E-state index is 12.0. The van der Waals surface area contributed by atoms with Crippen LogP contribution in [0.3, 0.4) is 0 Å². The summed E-state index contributed by atoms with van der Waals surface area (Å²) in [6.45, 7) is 4.41. The van der Waals surface area contributed by atoms with E-state index in [-0.39, 0.29) is 5.91 Å². The van der Waals surface area contributed by atoms with Crippen molar-refractivity contribution in [3.63, 3.8) is 0 Å². The van der Waals surface area contributed by atoms with Crippen LogP contribution in [0.2, 0.25) is 0 Å². The van der Waals surface area contributed by atoms with Crippen LogP contribution >= 0.6 is 0 Å². The predicted octanol–water partition coefficient (Wildman–Crippen LogP) is 3.35. The van der Waals surface area contributed by atoms with Crippen LogP contribution in [0.1, 0.15) is 28.2 Å². The molecule has 1 amide bonds. The van der Waals surface area contributed by atoms with E-state index in [1.165, 1.54) is 0 Å². The fourth-order valence-corrected chi connectivity index (χ4v) is 2.42. The van der Waals surface area contributed by atoms with Crippen molar-refractivity contribution in [3.05, 3.63) is 64.7 Å². The smallest absolute Gasteiger partial charge is 0.239 e. The van der Waals surface area contributed by atoms with Gasteiger partial charge in [0.05, 0.1) is 0 Å². The quantitative estimate of drug-likeness (QED) is 0.860. The maximum Gasteiger partial charge on any atom is 0.239 e. The topological polar surface area (TPSA) is 38.3 Å². The van der Waals surface area contributed by atoms with Gasteiger partial charge in [-0.2, -0.15) is 0 Å². The lowest BCUT2D eigenvalue weighted by atomic mass is 9.94. The molecule has 2 aromatic carbocycles. The highest BCUT2D eigenvalue weighted by Gasteiger charge is 2.19. The number of hydrogen-bond acceptors (Lipinski definition) is 2. The average molecular weight is 307 g/mol. The number of aryl methyl sites for hydroxylation is 2. The Morgan fingerprint density at radius 3 is 2.70 bits per heavy atom. The first kappa shape index (κ1) is 16.6. The van der Waals surface area contributed by atoms with E-state index >= 15 is 0 Å². The van der Waals surface area contributed by atoms with Gasteiger partial charge in [0, 0.05) is 7.05 Å². The van der Waals surface area contributed by atoms with Gasteiger partial charge >= 0.3 is 0 Å². The predicted molar refractivity (Wildman–Crippen MR) is 92.3 cm³/mol. The van der Waals surface area contributed by atoms with Crippen LogP contribution in [0.4, 0.5) is 0 Å². The minimum absolute atomic E-state index is 0.188. The van der Waals surface area contributed by atoms with Crippen LogP contribution in [0.5, 0.6) is 5.75 Å². The van der Waals surface area contributed by atoms with Crippen LogP contribution in [0, 0.1) is 26.2 Å². The molecule has 0 aromatic heterocycles. The molecule has 0 saturated carbocycles. The molecule has 0 radical (unpaired) electrons. The van der Waals surface area contributed by atoms with E-state index in [4.69, 9.17) is 11.2 Å². The number of terminal acetylenes is 1. The largest absolute Gasteiger partial charge is 0.489 e. The molecule has 1 atom stereocenters. The SMILES string of the molecule is C#C[C@H](C(=O)NC)c1ccccc1COc1cc(C)ccc1C. The van der Waals surface area contributed by atoms with Crippen LogP contribution in [0.15, 0.2) is 42.5 Å². The number of benzene rings is 2. The Balaban J connectivity index is 2.26. The molecule has 0 aliphatic heterocycles. The summed E-state index contributed by atoms with van der Waals surface area (Å²) in [5, 5.41) is 2.61. The Labute approximate surface area is 137 Å². The van der Waals surface area contributed by atoms with E-state index in [1.807, 2.05) is 50.2 Å². The lowest BCUT2D eigenvalue weighted by Crippen LogP contribution is -2.25. The van der Waals surface area contributed by atoms with Crippen molar-refractivity contribution in [2.75, 3.05) is 7.05 Å². The van der Waals surface area contributed by atoms with E-state index in [1.54, 1.807) is 7.05 Å². The first-order valence-electron chi connectivity index (χ1n) is 7.52. The molecule has 2 rings (SSSR count). The lowest BCUT2D eigenvalue weighted by Gasteiger charge is -2.16. The molecule has 0 aliphatic rings. The van der Waals surface area contributed by atoms with Crippen molar-refractivity contribution in [1.82, 2.24) is 5.32 Å². The molecule has 0 spiro atoms. The zero-order chi connectivity index (χ0) is 16.8. The summed E-state index contributed by atoms with van der Waals surface area (Å²) in [5.41, 5.74) is 3.94. The molecule has 23 heavy (non-hydrogen) atoms. The van der Waals surface area contributed by atoms with Gasteiger partial charge in [0.15, 0.2) is 0 Å². The fourth-order valence-electron chi connectivity index (χ4n) is 2.42. The number of rotatable bonds is 5. The Morgan fingerprint density at radius 2 is 2.00 bits per heavy atom. The minimum Gasteiger partial charge on any atom is -0.489 e. The van der Waals surface area contributed by atoms with E-state index in [0.29, 0.717) is 6.61 Å². The minimum atomic E-state index is -0.613. The van der Waals surface area contributed by atoms with Gasteiger partial charge < -0.3 is 10.1 Å². The fraction of sp³-hybridized carbons (Fsp3) is 0.250. The summed E-state index contributed by atoms with van der Waals surface area (Å²) in [4.78, 5) is 12.0. The van der Waals surface area contributed by atoms with Gasteiger partial charge in [0.25, 0.3) is 0 Å². The summed E-state index contributed by atoms with van der Waals surface area (Å²) >= 11 is 0. The van der Waals surface area contributed by atoms with Gasteiger partial charge in [-0.1, -0.05) is 42.3 Å². The summed E-state index contributed by atoms with van der Waals surface area (Å²) in [6.07, 6.45) is 5.55. The van der Waals surface area contributed by atoms with Crippen LogP contribution in [0.25, 0.3) is 0 Å². The molecule has 0 bridgehead atoms. The molecule has 3 heteroatoms. The molecule has 0 unspecified atom stereocenters. The highest BCUT2D eigenvalue weighted by atomic mass is 16.5. The van der Waals surface area contributed by atoms with Gasteiger partial charge in [0.2, 0.25) is 5.91 Å². The van der Waals surface area contributed by atoms with Gasteiger partial charge in [0.1, 0.15) is 18.3 Å². The van der Waals surface area contributed by atoms with Crippen molar-refractivity contribution in [2.24, 2.45) is 0 Å². The second-order valence-corrected chi connectivity index (χ2v) is 5.47. The lowest BCUT2D eigenvalue weighted by molar-refractivity contribution is -0.120. The molecule has 0 saturated heterocycles. The van der Waals surface area contributed by atoms with Crippen LogP contribution < -0.4 is 10.1 Å². The molecule has 2 aromatic rings. The zero-order valence-corrected chi connectivity index (χ0v) is 13.7. The number of carbonyl (C=O) groups excluding carboxylic acids is 1. The highest BCUT2D eigenvalue weighted by Crippen LogP contribution is 2.24. The molecule has 0 aliphatic carbocycles. The van der Waals surface area contributed by atoms with Crippen molar-refractivity contribution in [1.29, 1.82) is 0 Å². The second kappa shape index (κ2) is 7.51. The number of carbonyl (C=O) groups is 1. The number of amides is 1. The first-order valence-corrected chi connectivity index (χ1v) is 7.52. The van der Waals surface area contributed by atoms with Gasteiger partial charge in [-0.05, 0) is 42.2 Å². The summed E-state index contributed by atoms with van der Waals surface area (Å²) in [5.74, 6) is 2.60. The van der Waals surface area contributed by atoms with E-state index in [9.17, 15) is 4.79 Å². The summed E-state index contributed by atoms with van der Waals surface area (Å²) < 4.78 is 5.95. The Hall–Kier alpha value is -2.73. The Morgan fingerprint density at radius 1 is 1.26 bits per heavy atom. The number of likely N-dealkylation sites (N-methyl/N-ethyl adjacent to an activating group) is 1. The Bertz CT molecular complexity index is 744. The number of ether oxygens (including phenoxy) is 1. The molecule has 0 heterocycles. The normalized spacial score (nSPS) is 11.4. The standard InChI is InChI=1S/C20H21NO2/c1-5-17(20(22)21-4)18-9-7-6-8-16(18)13-23-19-12-14(2)10-11-15(19)3/h1,6-12,17H,13H2,2-4H3,(H,21,22)/t17-/m0/s1. The van der Waals surface area contributed by atoms with Crippen molar-refractivity contribution in [2.45, 2.75) is 26.4 Å². The number of nitrogens with one attached hydrogen (secondary N) is 1. The van der Waals surface area contributed by atoms with E-state index in [2.05, 4.69) is 17.3 Å². The van der Waals surface area contributed by atoms with Gasteiger partial charge in [-0.15, -0.1) is 6.42 Å². The van der Waals surface area contributed by atoms with Crippen molar-refractivity contribution in [3.8, 4) is 18.1 Å². The molecule has 0 fully saturated rings. The maximum atomic E-state index is 12.0. The third-order valence-electron chi connectivity index (χ3n) is 3.77. The molecule has 118 valence electrons. The van der Waals surface area contributed by atoms with Gasteiger partial charge in [-0.25, -0.2) is 0 Å². The summed E-state index contributed by atoms with van der Waals surface area (Å²) in [6, 6.07) is 13.7. The zero-order valence-electron chi connectivity index (χ0n) is 13.7. The number of hydrogen-bond donors (Lipinski definition) is 1. The molecule has 1 N–H and O–H groups in total. The monoisotopic (exact) mass is 307 g/mol. The highest BCUT2D eigenvalue weighted by molar-refractivity contribution is 5.86. The molecular formula is C20H21NO2. The van der Waals surface area contributed by atoms with E-state index in [0.717, 1.165) is 28.0 Å². The van der Waals surface area contributed by atoms with E-state index < -0.39 is 5.92 Å². The van der Waals surface area contributed by atoms with Crippen LogP contribution in [-0.4, -0.2) is 13.0 Å². The first-order chi connectivity index (χ1) is 11.1. The third-order valence-corrected chi connectivity index (χ3v) is 3.77. The molecular weight excluding hydrogens is 286 g/mol. The third kappa shape index (κ3) is 3.92. The molecule has 3 nitrogen and oxygen atoms in total. The summed E-state index contributed by atoms with van der Waals surface area (Å²) in [7, 11) is 1.59. The Kier molecular flexibility index (Phi) is 5.43.